The molecule has 0 aliphatic carbocycles. The van der Waals surface area contributed by atoms with Crippen molar-refractivity contribution in [2.75, 3.05) is 26.2 Å². The quantitative estimate of drug-likeness (QED) is 0.746. The number of hydrogen-bond donors (Lipinski definition) is 0. The lowest BCUT2D eigenvalue weighted by atomic mass is 10.1. The van der Waals surface area contributed by atoms with Crippen molar-refractivity contribution in [2.24, 2.45) is 0 Å². The number of hydrogen-bond acceptors (Lipinski definition) is 2. The lowest BCUT2D eigenvalue weighted by molar-refractivity contribution is -0.137. The number of carbonyl (C=O) groups excluding carboxylic acids is 1. The fourth-order valence-electron chi connectivity index (χ4n) is 3.80. The number of likely N-dealkylation sites (tertiary alicyclic amines) is 2. The van der Waals surface area contributed by atoms with E-state index >= 15 is 0 Å². The number of rotatable bonds is 4. The van der Waals surface area contributed by atoms with Crippen molar-refractivity contribution in [1.82, 2.24) is 9.80 Å². The van der Waals surface area contributed by atoms with Crippen molar-refractivity contribution < 1.29 is 18.0 Å². The smallest absolute Gasteiger partial charge is 0.335 e. The van der Waals surface area contributed by atoms with Gasteiger partial charge in [0.2, 0.25) is 5.91 Å². The van der Waals surface area contributed by atoms with Gasteiger partial charge in [-0.2, -0.15) is 13.2 Å². The Morgan fingerprint density at radius 2 is 1.73 bits per heavy atom. The molecule has 2 aliphatic heterocycles. The molecule has 0 unspecified atom stereocenters. The van der Waals surface area contributed by atoms with Crippen LogP contribution in [0.15, 0.2) is 30.3 Å². The molecular weight excluding hydrogens is 341 g/mol. The molecule has 0 saturated carbocycles. The molecule has 0 bridgehead atoms. The standard InChI is InChI=1S/C20H25F3N2O/c21-20(22,23)17-9-6-16(7-10-17)8-11-19(26)25-14-4-5-18(25)15-24-12-2-1-3-13-24/h6-11,18H,1-5,12-15H2/b11-8+/t18-/m1/s1. The molecule has 6 heteroatoms. The molecule has 0 spiro atoms. The summed E-state index contributed by atoms with van der Waals surface area (Å²) in [4.78, 5) is 16.9. The average molecular weight is 366 g/mol. The van der Waals surface area contributed by atoms with Crippen LogP contribution < -0.4 is 0 Å². The predicted molar refractivity (Wildman–Crippen MR) is 95.5 cm³/mol. The minimum Gasteiger partial charge on any atom is -0.335 e. The Morgan fingerprint density at radius 3 is 2.38 bits per heavy atom. The summed E-state index contributed by atoms with van der Waals surface area (Å²) >= 11 is 0. The number of halogens is 3. The molecule has 0 N–H and O–H groups in total. The van der Waals surface area contributed by atoms with Gasteiger partial charge < -0.3 is 9.80 Å². The first-order valence-electron chi connectivity index (χ1n) is 9.32. The highest BCUT2D eigenvalue weighted by molar-refractivity contribution is 5.92. The summed E-state index contributed by atoms with van der Waals surface area (Å²) in [5.74, 6) is -0.0515. The summed E-state index contributed by atoms with van der Waals surface area (Å²) in [7, 11) is 0. The predicted octanol–water partition coefficient (Wildman–Crippen LogP) is 4.20. The summed E-state index contributed by atoms with van der Waals surface area (Å²) in [5.41, 5.74) is -0.0831. The number of carbonyl (C=O) groups is 1. The van der Waals surface area contributed by atoms with Gasteiger partial charge in [0.05, 0.1) is 5.56 Å². The molecule has 1 atom stereocenters. The van der Waals surface area contributed by atoms with Crippen LogP contribution >= 0.6 is 0 Å². The van der Waals surface area contributed by atoms with Crippen LogP contribution in [-0.4, -0.2) is 47.9 Å². The van der Waals surface area contributed by atoms with Gasteiger partial charge in [0.1, 0.15) is 0 Å². The molecule has 1 aromatic carbocycles. The van der Waals surface area contributed by atoms with E-state index in [0.29, 0.717) is 5.56 Å². The second-order valence-electron chi connectivity index (χ2n) is 7.14. The van der Waals surface area contributed by atoms with Crippen molar-refractivity contribution in [3.05, 3.63) is 41.5 Å². The van der Waals surface area contributed by atoms with Gasteiger partial charge in [0.25, 0.3) is 0 Å². The Balaban J connectivity index is 1.58. The van der Waals surface area contributed by atoms with Gasteiger partial charge in [-0.25, -0.2) is 0 Å². The van der Waals surface area contributed by atoms with E-state index in [9.17, 15) is 18.0 Å². The minimum atomic E-state index is -4.34. The van der Waals surface area contributed by atoms with E-state index in [0.717, 1.165) is 51.2 Å². The van der Waals surface area contributed by atoms with Gasteiger partial charge >= 0.3 is 6.18 Å². The van der Waals surface area contributed by atoms with E-state index < -0.39 is 11.7 Å². The Hall–Kier alpha value is -1.82. The van der Waals surface area contributed by atoms with Crippen molar-refractivity contribution in [3.8, 4) is 0 Å². The van der Waals surface area contributed by atoms with Gasteiger partial charge in [-0.1, -0.05) is 18.6 Å². The van der Waals surface area contributed by atoms with Crippen LogP contribution in [0, 0.1) is 0 Å². The van der Waals surface area contributed by atoms with Gasteiger partial charge in [0.15, 0.2) is 0 Å². The van der Waals surface area contributed by atoms with Crippen LogP contribution in [0.3, 0.4) is 0 Å². The number of amides is 1. The van der Waals surface area contributed by atoms with Crippen LogP contribution in [0.25, 0.3) is 6.08 Å². The van der Waals surface area contributed by atoms with Gasteiger partial charge in [0, 0.05) is 25.2 Å². The Morgan fingerprint density at radius 1 is 1.04 bits per heavy atom. The van der Waals surface area contributed by atoms with E-state index in [-0.39, 0.29) is 11.9 Å². The zero-order chi connectivity index (χ0) is 18.6. The third kappa shape index (κ3) is 4.87. The molecular formula is C20H25F3N2O. The normalized spacial score (nSPS) is 22.3. The maximum absolute atomic E-state index is 12.6. The number of piperidine rings is 1. The molecule has 2 aliphatic rings. The molecule has 1 amide bonds. The highest BCUT2D eigenvalue weighted by Crippen LogP contribution is 2.29. The highest BCUT2D eigenvalue weighted by Gasteiger charge is 2.30. The molecule has 0 radical (unpaired) electrons. The first-order chi connectivity index (χ1) is 12.4. The van der Waals surface area contributed by atoms with Crippen molar-refractivity contribution >= 4 is 12.0 Å². The molecule has 3 nitrogen and oxygen atoms in total. The number of nitrogens with zero attached hydrogens (tertiary/aromatic N) is 2. The maximum atomic E-state index is 12.6. The largest absolute Gasteiger partial charge is 0.416 e. The van der Waals surface area contributed by atoms with Crippen LogP contribution in [0.2, 0.25) is 0 Å². The van der Waals surface area contributed by atoms with Crippen molar-refractivity contribution in [2.45, 2.75) is 44.3 Å². The monoisotopic (exact) mass is 366 g/mol. The van der Waals surface area contributed by atoms with Gasteiger partial charge in [-0.15, -0.1) is 0 Å². The van der Waals surface area contributed by atoms with E-state index in [4.69, 9.17) is 0 Å². The fourth-order valence-corrected chi connectivity index (χ4v) is 3.80. The van der Waals surface area contributed by atoms with Crippen molar-refractivity contribution in [3.63, 3.8) is 0 Å². The average Bonchev–Trinajstić information content (AvgIpc) is 3.08. The minimum absolute atomic E-state index is 0.0515. The lowest BCUT2D eigenvalue weighted by Crippen LogP contribution is -2.44. The second kappa shape index (κ2) is 8.25. The Kier molecular flexibility index (Phi) is 6.01. The molecule has 142 valence electrons. The molecule has 3 rings (SSSR count). The molecule has 1 aromatic rings. The first kappa shape index (κ1) is 19.0. The van der Waals surface area contributed by atoms with Crippen LogP contribution in [-0.2, 0) is 11.0 Å². The van der Waals surface area contributed by atoms with Crippen LogP contribution in [0.1, 0.15) is 43.2 Å². The SMILES string of the molecule is O=C(/C=C/c1ccc(C(F)(F)F)cc1)N1CCC[C@@H]1CN1CCCCC1. The van der Waals surface area contributed by atoms with Crippen molar-refractivity contribution in [1.29, 1.82) is 0 Å². The fraction of sp³-hybridized carbons (Fsp3) is 0.550. The first-order valence-corrected chi connectivity index (χ1v) is 9.32. The van der Waals surface area contributed by atoms with E-state index in [1.807, 2.05) is 4.90 Å². The zero-order valence-corrected chi connectivity index (χ0v) is 14.8. The lowest BCUT2D eigenvalue weighted by Gasteiger charge is -2.32. The van der Waals surface area contributed by atoms with Gasteiger partial charge in [-0.3, -0.25) is 4.79 Å². The summed E-state index contributed by atoms with van der Waals surface area (Å²) in [6.45, 7) is 3.91. The second-order valence-corrected chi connectivity index (χ2v) is 7.14. The molecule has 2 heterocycles. The highest BCUT2D eigenvalue weighted by atomic mass is 19.4. The summed E-state index contributed by atoms with van der Waals surface area (Å²) in [5, 5.41) is 0. The summed E-state index contributed by atoms with van der Waals surface area (Å²) in [6, 6.07) is 5.11. The third-order valence-corrected chi connectivity index (χ3v) is 5.23. The Labute approximate surface area is 152 Å². The molecule has 2 fully saturated rings. The summed E-state index contributed by atoms with van der Waals surface area (Å²) < 4.78 is 37.8. The van der Waals surface area contributed by atoms with E-state index in [1.54, 1.807) is 6.08 Å². The molecule has 2 saturated heterocycles. The molecule has 0 aromatic heterocycles. The van der Waals surface area contributed by atoms with E-state index in [1.165, 1.54) is 37.5 Å². The van der Waals surface area contributed by atoms with Crippen LogP contribution in [0.4, 0.5) is 13.2 Å². The maximum Gasteiger partial charge on any atom is 0.416 e. The van der Waals surface area contributed by atoms with Gasteiger partial charge in [-0.05, 0) is 62.5 Å². The zero-order valence-electron chi connectivity index (χ0n) is 14.8. The van der Waals surface area contributed by atoms with E-state index in [2.05, 4.69) is 4.90 Å². The molecule has 26 heavy (non-hydrogen) atoms. The Bertz CT molecular complexity index is 633. The topological polar surface area (TPSA) is 23.6 Å². The number of benzene rings is 1. The van der Waals surface area contributed by atoms with Crippen LogP contribution in [0.5, 0.6) is 0 Å². The third-order valence-electron chi connectivity index (χ3n) is 5.23. The summed E-state index contributed by atoms with van der Waals surface area (Å²) in [6.07, 6.45) is 4.53. The number of alkyl halides is 3.